The Morgan fingerprint density at radius 3 is 2.45 bits per heavy atom. The Kier molecular flexibility index (Phi) is 6.81. The van der Waals surface area contributed by atoms with Crippen LogP contribution in [0.3, 0.4) is 0 Å². The molecule has 1 aliphatic carbocycles. The Labute approximate surface area is 194 Å². The zero-order chi connectivity index (χ0) is 23.6. The van der Waals surface area contributed by atoms with Gasteiger partial charge in [-0.05, 0) is 48.6 Å². The number of hydrogen-bond donors (Lipinski definition) is 1. The van der Waals surface area contributed by atoms with Crippen molar-refractivity contribution in [3.8, 4) is 17.2 Å². The fourth-order valence-corrected chi connectivity index (χ4v) is 4.74. The highest BCUT2D eigenvalue weighted by molar-refractivity contribution is 7.90. The Balaban J connectivity index is 1.38. The fraction of sp³-hybridized carbons (Fsp3) is 0.458. The number of carbonyl (C=O) groups excluding carboxylic acids is 1. The second-order valence-electron chi connectivity index (χ2n) is 8.62. The average Bonchev–Trinajstić information content (AvgIpc) is 3.56. The number of aliphatic hydroxyl groups excluding tert-OH is 1. The molecule has 2 aromatic carbocycles. The summed E-state index contributed by atoms with van der Waals surface area (Å²) in [6.07, 6.45) is 2.40. The molecule has 2 fully saturated rings. The average molecular weight is 476 g/mol. The molecule has 1 amide bonds. The van der Waals surface area contributed by atoms with Gasteiger partial charge >= 0.3 is 0 Å². The van der Waals surface area contributed by atoms with E-state index in [4.69, 9.17) is 14.2 Å². The van der Waals surface area contributed by atoms with E-state index in [1.807, 2.05) is 12.1 Å². The molecule has 8 nitrogen and oxygen atoms in total. The summed E-state index contributed by atoms with van der Waals surface area (Å²) < 4.78 is 39.5. The summed E-state index contributed by atoms with van der Waals surface area (Å²) >= 11 is 0. The van der Waals surface area contributed by atoms with Crippen LogP contribution in [0.25, 0.3) is 0 Å². The normalized spacial score (nSPS) is 19.4. The van der Waals surface area contributed by atoms with E-state index in [9.17, 15) is 18.3 Å². The maximum absolute atomic E-state index is 13.0. The van der Waals surface area contributed by atoms with E-state index in [0.717, 1.165) is 6.26 Å². The van der Waals surface area contributed by atoms with Gasteiger partial charge in [-0.2, -0.15) is 0 Å². The number of methoxy groups -OCH3 is 1. The molecule has 0 spiro atoms. The third-order valence-electron chi connectivity index (χ3n) is 5.75. The first-order valence-corrected chi connectivity index (χ1v) is 13.0. The van der Waals surface area contributed by atoms with Crippen LogP contribution in [-0.2, 0) is 14.6 Å². The first-order chi connectivity index (χ1) is 15.7. The molecule has 0 radical (unpaired) electrons. The lowest BCUT2D eigenvalue weighted by Crippen LogP contribution is -2.32. The molecular weight excluding hydrogens is 446 g/mol. The molecule has 1 N–H and O–H groups in total. The van der Waals surface area contributed by atoms with Crippen LogP contribution in [0.4, 0.5) is 5.69 Å². The van der Waals surface area contributed by atoms with Gasteiger partial charge in [0.05, 0.1) is 12.9 Å². The molecule has 9 heteroatoms. The number of hydrogen-bond acceptors (Lipinski definition) is 7. The highest BCUT2D eigenvalue weighted by Crippen LogP contribution is 2.40. The van der Waals surface area contributed by atoms with Gasteiger partial charge < -0.3 is 24.2 Å². The van der Waals surface area contributed by atoms with Crippen molar-refractivity contribution in [1.82, 2.24) is 0 Å². The summed E-state index contributed by atoms with van der Waals surface area (Å²) in [5.74, 6) is 1.58. The molecule has 1 saturated carbocycles. The van der Waals surface area contributed by atoms with Gasteiger partial charge in [0, 0.05) is 31.0 Å². The predicted octanol–water partition coefficient (Wildman–Crippen LogP) is 2.54. The highest BCUT2D eigenvalue weighted by atomic mass is 32.2. The zero-order valence-corrected chi connectivity index (χ0v) is 19.6. The van der Waals surface area contributed by atoms with Crippen molar-refractivity contribution in [2.45, 2.75) is 37.4 Å². The number of benzene rings is 2. The number of carbonyl (C=O) groups is 1. The number of aliphatic hydroxyl groups is 1. The summed E-state index contributed by atoms with van der Waals surface area (Å²) in [4.78, 5) is 14.6. The van der Waals surface area contributed by atoms with Crippen LogP contribution in [0, 0.1) is 0 Å². The van der Waals surface area contributed by atoms with Crippen molar-refractivity contribution >= 4 is 21.4 Å². The zero-order valence-electron chi connectivity index (χ0n) is 18.8. The number of anilines is 1. The minimum Gasteiger partial charge on any atom is -0.493 e. The SMILES string of the molecule is COc1cc(N2CCC(Oc3ccc(C4CC4)cc3)C2=O)ccc1OC[C@H](O)CS(C)(=O)=O. The summed E-state index contributed by atoms with van der Waals surface area (Å²) in [5.41, 5.74) is 1.97. The van der Waals surface area contributed by atoms with Crippen LogP contribution in [0.1, 0.15) is 30.7 Å². The van der Waals surface area contributed by atoms with E-state index in [1.54, 1.807) is 23.1 Å². The van der Waals surface area contributed by atoms with Crippen LogP contribution in [0.5, 0.6) is 17.2 Å². The van der Waals surface area contributed by atoms with Crippen LogP contribution >= 0.6 is 0 Å². The first kappa shape index (κ1) is 23.4. The topological polar surface area (TPSA) is 102 Å². The lowest BCUT2D eigenvalue weighted by Gasteiger charge is -2.20. The van der Waals surface area contributed by atoms with Gasteiger partial charge in [0.2, 0.25) is 0 Å². The quantitative estimate of drug-likeness (QED) is 0.563. The summed E-state index contributed by atoms with van der Waals surface area (Å²) in [7, 11) is -1.84. The molecule has 0 aromatic heterocycles. The largest absolute Gasteiger partial charge is 0.493 e. The first-order valence-electron chi connectivity index (χ1n) is 11.0. The Morgan fingerprint density at radius 2 is 1.82 bits per heavy atom. The second kappa shape index (κ2) is 9.61. The summed E-state index contributed by atoms with van der Waals surface area (Å²) in [6, 6.07) is 13.0. The summed E-state index contributed by atoms with van der Waals surface area (Å²) in [5, 5.41) is 9.86. The molecule has 1 saturated heterocycles. The Hall–Kier alpha value is -2.78. The van der Waals surface area contributed by atoms with Gasteiger partial charge in [-0.3, -0.25) is 4.79 Å². The van der Waals surface area contributed by atoms with Crippen molar-refractivity contribution in [3.05, 3.63) is 48.0 Å². The monoisotopic (exact) mass is 475 g/mol. The fourth-order valence-electron chi connectivity index (χ4n) is 3.95. The Bertz CT molecular complexity index is 1100. The molecule has 1 unspecified atom stereocenters. The molecule has 2 atom stereocenters. The number of rotatable bonds is 10. The van der Waals surface area contributed by atoms with Crippen molar-refractivity contribution in [1.29, 1.82) is 0 Å². The number of nitrogens with zero attached hydrogens (tertiary/aromatic N) is 1. The minimum atomic E-state index is -3.32. The lowest BCUT2D eigenvalue weighted by molar-refractivity contribution is -0.122. The van der Waals surface area contributed by atoms with E-state index in [1.165, 1.54) is 25.5 Å². The number of amides is 1. The maximum atomic E-state index is 13.0. The standard InChI is InChI=1S/C24H29NO7S/c1-30-23-13-18(7-10-21(23)31-14-19(26)15-33(2,28)29)25-12-11-22(24(25)27)32-20-8-5-17(6-9-20)16-3-4-16/h5-10,13,16,19,22,26H,3-4,11-12,14-15H2,1-2H3/t19-,22?/m0/s1. The molecular formula is C24H29NO7S. The van der Waals surface area contributed by atoms with Crippen molar-refractivity contribution in [2.75, 3.05) is 37.2 Å². The van der Waals surface area contributed by atoms with Gasteiger partial charge in [0.15, 0.2) is 17.6 Å². The second-order valence-corrected chi connectivity index (χ2v) is 10.8. The minimum absolute atomic E-state index is 0.124. The summed E-state index contributed by atoms with van der Waals surface area (Å²) in [6.45, 7) is 0.320. The van der Waals surface area contributed by atoms with E-state index in [2.05, 4.69) is 12.1 Å². The molecule has 4 rings (SSSR count). The molecule has 1 heterocycles. The molecule has 1 aliphatic heterocycles. The van der Waals surface area contributed by atoms with Crippen LogP contribution in [0.15, 0.2) is 42.5 Å². The van der Waals surface area contributed by atoms with E-state index < -0.39 is 22.0 Å². The predicted molar refractivity (Wildman–Crippen MR) is 124 cm³/mol. The molecule has 33 heavy (non-hydrogen) atoms. The van der Waals surface area contributed by atoms with Gasteiger partial charge in [-0.15, -0.1) is 0 Å². The molecule has 2 aliphatic rings. The van der Waals surface area contributed by atoms with Gasteiger partial charge in [0.1, 0.15) is 28.3 Å². The van der Waals surface area contributed by atoms with E-state index in [-0.39, 0.29) is 18.3 Å². The third-order valence-corrected chi connectivity index (χ3v) is 6.74. The highest BCUT2D eigenvalue weighted by Gasteiger charge is 2.35. The van der Waals surface area contributed by atoms with Crippen molar-refractivity contribution < 1.29 is 32.5 Å². The number of ether oxygens (including phenoxy) is 3. The third kappa shape index (κ3) is 5.97. The van der Waals surface area contributed by atoms with Gasteiger partial charge in [0.25, 0.3) is 5.91 Å². The van der Waals surface area contributed by atoms with Gasteiger partial charge in [-0.1, -0.05) is 12.1 Å². The van der Waals surface area contributed by atoms with Crippen molar-refractivity contribution in [2.24, 2.45) is 0 Å². The van der Waals surface area contributed by atoms with E-state index in [0.29, 0.717) is 41.8 Å². The smallest absolute Gasteiger partial charge is 0.268 e. The molecule has 0 bridgehead atoms. The Morgan fingerprint density at radius 1 is 1.09 bits per heavy atom. The molecule has 178 valence electrons. The maximum Gasteiger partial charge on any atom is 0.268 e. The number of sulfone groups is 1. The van der Waals surface area contributed by atoms with E-state index >= 15 is 0 Å². The van der Waals surface area contributed by atoms with Crippen molar-refractivity contribution in [3.63, 3.8) is 0 Å². The van der Waals surface area contributed by atoms with Gasteiger partial charge in [-0.25, -0.2) is 8.42 Å². The van der Waals surface area contributed by atoms with Crippen LogP contribution in [0.2, 0.25) is 0 Å². The lowest BCUT2D eigenvalue weighted by atomic mass is 10.1. The van der Waals surface area contributed by atoms with Crippen LogP contribution in [-0.4, -0.2) is 63.9 Å². The van der Waals surface area contributed by atoms with Crippen LogP contribution < -0.4 is 19.1 Å². The molecule has 2 aromatic rings.